The molecule has 0 saturated carbocycles. The van der Waals surface area contributed by atoms with E-state index in [4.69, 9.17) is 0 Å². The molecule has 30 heavy (non-hydrogen) atoms. The van der Waals surface area contributed by atoms with E-state index in [1.807, 2.05) is 31.3 Å². The summed E-state index contributed by atoms with van der Waals surface area (Å²) in [6.45, 7) is 6.00. The second-order valence-electron chi connectivity index (χ2n) is 8.28. The van der Waals surface area contributed by atoms with E-state index in [1.54, 1.807) is 13.0 Å². The van der Waals surface area contributed by atoms with Gasteiger partial charge in [-0.3, -0.25) is 14.5 Å². The van der Waals surface area contributed by atoms with Crippen molar-refractivity contribution in [1.29, 1.82) is 5.26 Å². The standard InChI is InChI=1S/C25H23N3O2/c1-15-17(23(29)28(5)24(30)19(15)14-26)11-13-21-25(2,3)22-18-9-7-6-8-16(18)10-12-20(22)27(21)4/h6-13H,1-5H3/b17-11-,21-13+. The molecule has 0 bridgehead atoms. The summed E-state index contributed by atoms with van der Waals surface area (Å²) in [6, 6.07) is 14.5. The van der Waals surface area contributed by atoms with Crippen molar-refractivity contribution < 1.29 is 9.59 Å². The second kappa shape index (κ2) is 6.70. The zero-order valence-electron chi connectivity index (χ0n) is 17.8. The number of imide groups is 1. The highest BCUT2D eigenvalue weighted by Crippen LogP contribution is 2.50. The summed E-state index contributed by atoms with van der Waals surface area (Å²) in [6.07, 6.45) is 3.67. The summed E-state index contributed by atoms with van der Waals surface area (Å²) in [5.74, 6) is -0.947. The van der Waals surface area contributed by atoms with E-state index in [-0.39, 0.29) is 11.0 Å². The Morgan fingerprint density at radius 2 is 1.67 bits per heavy atom. The van der Waals surface area contributed by atoms with Gasteiger partial charge in [-0.05, 0) is 47.1 Å². The molecule has 0 atom stereocenters. The number of nitriles is 1. The van der Waals surface area contributed by atoms with Crippen LogP contribution in [0.5, 0.6) is 0 Å². The molecule has 2 aliphatic heterocycles. The first-order chi connectivity index (χ1) is 14.2. The lowest BCUT2D eigenvalue weighted by molar-refractivity contribution is -0.138. The van der Waals surface area contributed by atoms with Crippen LogP contribution in [0.1, 0.15) is 26.3 Å². The lowest BCUT2D eigenvalue weighted by Crippen LogP contribution is -2.39. The van der Waals surface area contributed by atoms with Gasteiger partial charge in [-0.1, -0.05) is 44.2 Å². The molecule has 4 rings (SSSR count). The minimum Gasteiger partial charge on any atom is -0.347 e. The Morgan fingerprint density at radius 1 is 0.967 bits per heavy atom. The summed E-state index contributed by atoms with van der Waals surface area (Å²) < 4.78 is 0. The van der Waals surface area contributed by atoms with E-state index in [1.165, 1.54) is 23.4 Å². The van der Waals surface area contributed by atoms with Gasteiger partial charge in [0.05, 0.1) is 0 Å². The van der Waals surface area contributed by atoms with E-state index in [2.05, 4.69) is 43.0 Å². The van der Waals surface area contributed by atoms with Crippen LogP contribution in [0.4, 0.5) is 5.69 Å². The summed E-state index contributed by atoms with van der Waals surface area (Å²) >= 11 is 0. The van der Waals surface area contributed by atoms with Crippen molar-refractivity contribution in [2.45, 2.75) is 26.2 Å². The average Bonchev–Trinajstić information content (AvgIpc) is 2.93. The lowest BCUT2D eigenvalue weighted by atomic mass is 9.81. The van der Waals surface area contributed by atoms with E-state index in [9.17, 15) is 14.9 Å². The maximum absolute atomic E-state index is 12.7. The third-order valence-electron chi connectivity index (χ3n) is 6.25. The summed E-state index contributed by atoms with van der Waals surface area (Å²) in [7, 11) is 3.43. The van der Waals surface area contributed by atoms with E-state index in [0.29, 0.717) is 11.1 Å². The fourth-order valence-electron chi connectivity index (χ4n) is 4.58. The smallest absolute Gasteiger partial charge is 0.271 e. The number of carbonyl (C=O) groups is 2. The predicted octanol–water partition coefficient (Wildman–Crippen LogP) is 4.22. The summed E-state index contributed by atoms with van der Waals surface area (Å²) in [5, 5.41) is 11.8. The molecule has 0 spiro atoms. The molecule has 5 nitrogen and oxygen atoms in total. The van der Waals surface area contributed by atoms with Crippen LogP contribution in [0.3, 0.4) is 0 Å². The Hall–Kier alpha value is -3.65. The van der Waals surface area contributed by atoms with Gasteiger partial charge in [0, 0.05) is 36.5 Å². The molecule has 2 aromatic carbocycles. The van der Waals surface area contributed by atoms with Gasteiger partial charge in [0.25, 0.3) is 11.8 Å². The van der Waals surface area contributed by atoms with Gasteiger partial charge in [0.15, 0.2) is 0 Å². The van der Waals surface area contributed by atoms with Crippen LogP contribution < -0.4 is 4.90 Å². The molecule has 0 aliphatic carbocycles. The number of likely N-dealkylation sites (N-methyl/N-ethyl adjacent to an activating group) is 2. The molecule has 0 fully saturated rings. The molecule has 2 aromatic rings. The monoisotopic (exact) mass is 397 g/mol. The fourth-order valence-corrected chi connectivity index (χ4v) is 4.58. The SMILES string of the molecule is CC1=C(C#N)C(=O)N(C)C(=O)/C1=C\C=C1\N(C)c2ccc3ccccc3c2C1(C)C. The van der Waals surface area contributed by atoms with Crippen molar-refractivity contribution in [2.75, 3.05) is 19.0 Å². The van der Waals surface area contributed by atoms with Gasteiger partial charge in [0.1, 0.15) is 11.6 Å². The average molecular weight is 397 g/mol. The van der Waals surface area contributed by atoms with Crippen molar-refractivity contribution in [1.82, 2.24) is 4.90 Å². The van der Waals surface area contributed by atoms with Gasteiger partial charge in [-0.15, -0.1) is 0 Å². The number of allylic oxidation sites excluding steroid dienone is 3. The van der Waals surface area contributed by atoms with E-state index >= 15 is 0 Å². The van der Waals surface area contributed by atoms with Crippen molar-refractivity contribution in [2.24, 2.45) is 0 Å². The molecule has 5 heteroatoms. The number of rotatable bonds is 1. The molecule has 2 heterocycles. The van der Waals surface area contributed by atoms with Crippen molar-refractivity contribution in [3.8, 4) is 6.07 Å². The van der Waals surface area contributed by atoms with E-state index in [0.717, 1.165) is 16.3 Å². The number of hydrogen-bond acceptors (Lipinski definition) is 4. The molecular formula is C25H23N3O2. The fraction of sp³-hybridized carbons (Fsp3) is 0.240. The van der Waals surface area contributed by atoms with Crippen LogP contribution in [0.15, 0.2) is 71.0 Å². The highest BCUT2D eigenvalue weighted by Gasteiger charge is 2.40. The largest absolute Gasteiger partial charge is 0.347 e. The van der Waals surface area contributed by atoms with Crippen LogP contribution in [-0.2, 0) is 15.0 Å². The zero-order valence-corrected chi connectivity index (χ0v) is 17.8. The van der Waals surface area contributed by atoms with Gasteiger partial charge >= 0.3 is 0 Å². The van der Waals surface area contributed by atoms with Crippen LogP contribution in [0, 0.1) is 11.3 Å². The third kappa shape index (κ3) is 2.61. The molecule has 0 radical (unpaired) electrons. The number of benzene rings is 2. The van der Waals surface area contributed by atoms with Gasteiger partial charge < -0.3 is 4.90 Å². The maximum Gasteiger partial charge on any atom is 0.271 e. The van der Waals surface area contributed by atoms with Crippen LogP contribution in [0.25, 0.3) is 10.8 Å². The molecule has 150 valence electrons. The first-order valence-electron chi connectivity index (χ1n) is 9.82. The van der Waals surface area contributed by atoms with Gasteiger partial charge in [0.2, 0.25) is 0 Å². The molecule has 0 unspecified atom stereocenters. The Morgan fingerprint density at radius 3 is 2.37 bits per heavy atom. The van der Waals surface area contributed by atoms with Gasteiger partial charge in [-0.2, -0.15) is 5.26 Å². The quantitative estimate of drug-likeness (QED) is 0.534. The van der Waals surface area contributed by atoms with Crippen LogP contribution in [0.2, 0.25) is 0 Å². The topological polar surface area (TPSA) is 64.4 Å². The number of carbonyl (C=O) groups excluding carboxylic acids is 2. The molecule has 0 aromatic heterocycles. The molecule has 0 saturated heterocycles. The normalized spacial score (nSPS) is 21.1. The van der Waals surface area contributed by atoms with Crippen molar-refractivity contribution in [3.63, 3.8) is 0 Å². The Labute approximate surface area is 176 Å². The highest BCUT2D eigenvalue weighted by atomic mass is 16.2. The lowest BCUT2D eigenvalue weighted by Gasteiger charge is -2.25. The molecular weight excluding hydrogens is 374 g/mol. The van der Waals surface area contributed by atoms with Crippen LogP contribution >= 0.6 is 0 Å². The Kier molecular flexibility index (Phi) is 4.39. The zero-order chi connectivity index (χ0) is 21.8. The number of anilines is 1. The number of fused-ring (bicyclic) bond motifs is 3. The minimum atomic E-state index is -0.554. The Balaban J connectivity index is 1.88. The van der Waals surface area contributed by atoms with Gasteiger partial charge in [-0.25, -0.2) is 0 Å². The predicted molar refractivity (Wildman–Crippen MR) is 118 cm³/mol. The number of hydrogen-bond donors (Lipinski definition) is 0. The number of nitrogens with zero attached hydrogens (tertiary/aromatic N) is 3. The van der Waals surface area contributed by atoms with E-state index < -0.39 is 11.8 Å². The maximum atomic E-state index is 12.7. The molecule has 2 amide bonds. The van der Waals surface area contributed by atoms with Crippen molar-refractivity contribution in [3.05, 3.63) is 76.5 Å². The Bertz CT molecular complexity index is 1250. The highest BCUT2D eigenvalue weighted by molar-refractivity contribution is 6.18. The summed E-state index contributed by atoms with van der Waals surface area (Å²) in [4.78, 5) is 28.0. The van der Waals surface area contributed by atoms with Crippen LogP contribution in [-0.4, -0.2) is 30.8 Å². The first kappa shape index (κ1) is 19.7. The van der Waals surface area contributed by atoms with Crippen molar-refractivity contribution >= 4 is 28.3 Å². The summed E-state index contributed by atoms with van der Waals surface area (Å²) in [5.41, 5.74) is 3.94. The molecule has 2 aliphatic rings. The first-order valence-corrected chi connectivity index (χ1v) is 9.82. The minimum absolute atomic E-state index is 0.00932. The molecule has 0 N–H and O–H groups in total. The number of amides is 2. The third-order valence-corrected chi connectivity index (χ3v) is 6.25. The second-order valence-corrected chi connectivity index (χ2v) is 8.28.